The lowest BCUT2D eigenvalue weighted by Gasteiger charge is -2.21. The van der Waals surface area contributed by atoms with Crippen LogP contribution in [0.15, 0.2) is 22.9 Å². The Hall–Kier alpha value is -0.840. The van der Waals surface area contributed by atoms with E-state index < -0.39 is 0 Å². The summed E-state index contributed by atoms with van der Waals surface area (Å²) in [5.74, 6) is 0. The number of hydrogen-bond donors (Lipinski definition) is 0. The first-order valence-corrected chi connectivity index (χ1v) is 15.3. The Bertz CT molecular complexity index is 1030. The van der Waals surface area contributed by atoms with E-state index in [0.717, 1.165) is 0 Å². The molecule has 0 aliphatic carbocycles. The lowest BCUT2D eigenvalue weighted by molar-refractivity contribution is 0.410. The van der Waals surface area contributed by atoms with Crippen molar-refractivity contribution in [1.29, 1.82) is 0 Å². The van der Waals surface area contributed by atoms with Crippen LogP contribution in [0, 0.1) is 0 Å². The zero-order chi connectivity index (χ0) is 21.5. The molecule has 0 saturated heterocycles. The zero-order valence-electron chi connectivity index (χ0n) is 19.5. The molecule has 31 heavy (non-hydrogen) atoms. The molecule has 4 rings (SSSR count). The van der Waals surface area contributed by atoms with Gasteiger partial charge in [0.05, 0.1) is 25.1 Å². The van der Waals surface area contributed by atoms with Crippen LogP contribution in [0.4, 0.5) is 0 Å². The third-order valence-electron chi connectivity index (χ3n) is 6.77. The van der Waals surface area contributed by atoms with Gasteiger partial charge in [0.1, 0.15) is 0 Å². The fourth-order valence-corrected chi connectivity index (χ4v) is 8.46. The quantitative estimate of drug-likeness (QED) is 0.151. The molecule has 0 unspecified atom stereocenters. The van der Waals surface area contributed by atoms with Crippen molar-refractivity contribution >= 4 is 63.8 Å². The summed E-state index contributed by atoms with van der Waals surface area (Å²) in [4.78, 5) is 0. The fourth-order valence-electron chi connectivity index (χ4n) is 5.07. The minimum atomic E-state index is 0.659. The van der Waals surface area contributed by atoms with E-state index in [1.54, 1.807) is 10.2 Å². The molecule has 0 atom stereocenters. The van der Waals surface area contributed by atoms with Crippen LogP contribution in [0.5, 0.6) is 0 Å². The summed E-state index contributed by atoms with van der Waals surface area (Å²) in [5.41, 5.74) is 3.06. The Kier molecular flexibility index (Phi) is 8.92. The van der Waals surface area contributed by atoms with E-state index in [4.69, 9.17) is 0 Å². The lowest BCUT2D eigenvalue weighted by Crippen LogP contribution is -2.09. The Balaban J connectivity index is 1.54. The first kappa shape index (κ1) is 23.3. The molecule has 1 nitrogen and oxygen atoms in total. The van der Waals surface area contributed by atoms with Crippen LogP contribution < -0.4 is 0 Å². The van der Waals surface area contributed by atoms with E-state index in [-0.39, 0.29) is 0 Å². The molecule has 0 aromatic carbocycles. The van der Waals surface area contributed by atoms with Crippen LogP contribution in [-0.4, -0.2) is 4.57 Å². The topological polar surface area (TPSA) is 4.93 Å². The SMILES string of the molecule is CCCCCCCCC(CCCCCCCC)n1c2ccsc2c2sc3ccsc3c21. The van der Waals surface area contributed by atoms with Gasteiger partial charge >= 0.3 is 0 Å². The van der Waals surface area contributed by atoms with Gasteiger partial charge in [-0.25, -0.2) is 0 Å². The second kappa shape index (κ2) is 11.9. The van der Waals surface area contributed by atoms with Crippen molar-refractivity contribution in [1.82, 2.24) is 4.57 Å². The molecule has 4 heterocycles. The van der Waals surface area contributed by atoms with E-state index >= 15 is 0 Å². The van der Waals surface area contributed by atoms with Crippen molar-refractivity contribution in [2.24, 2.45) is 0 Å². The average molecular weight is 474 g/mol. The highest BCUT2D eigenvalue weighted by Gasteiger charge is 2.23. The molecular weight excluding hydrogens is 435 g/mol. The van der Waals surface area contributed by atoms with E-state index in [1.807, 2.05) is 34.0 Å². The molecule has 0 aliphatic heterocycles. The molecule has 0 N–H and O–H groups in total. The van der Waals surface area contributed by atoms with E-state index in [0.29, 0.717) is 6.04 Å². The van der Waals surface area contributed by atoms with Crippen molar-refractivity contribution in [3.8, 4) is 0 Å². The molecule has 0 spiro atoms. The maximum Gasteiger partial charge on any atom is 0.0793 e. The minimum Gasteiger partial charge on any atom is -0.335 e. The van der Waals surface area contributed by atoms with Crippen molar-refractivity contribution in [2.75, 3.05) is 0 Å². The van der Waals surface area contributed by atoms with E-state index in [9.17, 15) is 0 Å². The first-order chi connectivity index (χ1) is 15.3. The predicted octanol–water partition coefficient (Wildman–Crippen LogP) is 11.2. The van der Waals surface area contributed by atoms with Gasteiger partial charge in [-0.05, 0) is 35.7 Å². The van der Waals surface area contributed by atoms with Gasteiger partial charge in [-0.15, -0.1) is 34.0 Å². The van der Waals surface area contributed by atoms with Gasteiger partial charge in [0, 0.05) is 10.7 Å². The Morgan fingerprint density at radius 3 is 1.94 bits per heavy atom. The lowest BCUT2D eigenvalue weighted by atomic mass is 9.99. The zero-order valence-corrected chi connectivity index (χ0v) is 21.9. The van der Waals surface area contributed by atoms with Crippen LogP contribution in [0.2, 0.25) is 0 Å². The molecule has 0 fully saturated rings. The van der Waals surface area contributed by atoms with Gasteiger partial charge in [0.2, 0.25) is 0 Å². The summed E-state index contributed by atoms with van der Waals surface area (Å²) in [6, 6.07) is 5.37. The Morgan fingerprint density at radius 2 is 1.26 bits per heavy atom. The van der Waals surface area contributed by atoms with Crippen LogP contribution in [0.3, 0.4) is 0 Å². The predicted molar refractivity (Wildman–Crippen MR) is 146 cm³/mol. The molecule has 0 amide bonds. The van der Waals surface area contributed by atoms with Crippen molar-refractivity contribution in [3.05, 3.63) is 22.9 Å². The number of fused-ring (bicyclic) bond motifs is 5. The largest absolute Gasteiger partial charge is 0.335 e. The second-order valence-corrected chi connectivity index (χ2v) is 12.0. The highest BCUT2D eigenvalue weighted by molar-refractivity contribution is 7.34. The number of unbranched alkanes of at least 4 members (excludes halogenated alkanes) is 10. The summed E-state index contributed by atoms with van der Waals surface area (Å²) in [5, 5.41) is 4.59. The number of aromatic nitrogens is 1. The van der Waals surface area contributed by atoms with Crippen molar-refractivity contribution in [2.45, 2.75) is 110 Å². The van der Waals surface area contributed by atoms with Gasteiger partial charge < -0.3 is 4.57 Å². The summed E-state index contributed by atoms with van der Waals surface area (Å²) < 4.78 is 8.87. The third-order valence-corrected chi connectivity index (χ3v) is 10.0. The summed E-state index contributed by atoms with van der Waals surface area (Å²) in [7, 11) is 0. The summed E-state index contributed by atoms with van der Waals surface area (Å²) in [6.07, 6.45) is 19.4. The Labute approximate surface area is 200 Å². The highest BCUT2D eigenvalue weighted by atomic mass is 32.1. The highest BCUT2D eigenvalue weighted by Crippen LogP contribution is 2.47. The van der Waals surface area contributed by atoms with Crippen LogP contribution in [0.25, 0.3) is 29.8 Å². The summed E-state index contributed by atoms with van der Waals surface area (Å²) >= 11 is 5.90. The van der Waals surface area contributed by atoms with Gasteiger partial charge in [0.15, 0.2) is 0 Å². The van der Waals surface area contributed by atoms with Crippen LogP contribution >= 0.6 is 34.0 Å². The second-order valence-electron chi connectivity index (χ2n) is 9.17. The smallest absolute Gasteiger partial charge is 0.0793 e. The standard InChI is InChI=1S/C27H39NS3/c1-3-5-7-9-11-13-15-21(16-14-12-10-8-6-4-2)28-22-17-19-29-25(22)27-24(28)26-23(31-27)18-20-30-26/h17-21H,3-16H2,1-2H3. The molecule has 0 saturated carbocycles. The van der Waals surface area contributed by atoms with Crippen molar-refractivity contribution < 1.29 is 0 Å². The average Bonchev–Trinajstić information content (AvgIpc) is 3.52. The third kappa shape index (κ3) is 5.39. The molecular formula is C27H39NS3. The number of hydrogen-bond acceptors (Lipinski definition) is 3. The van der Waals surface area contributed by atoms with E-state index in [1.165, 1.54) is 110 Å². The summed E-state index contributed by atoms with van der Waals surface area (Å²) in [6.45, 7) is 4.62. The normalized spacial score (nSPS) is 12.4. The van der Waals surface area contributed by atoms with Crippen LogP contribution in [-0.2, 0) is 0 Å². The minimum absolute atomic E-state index is 0.659. The molecule has 170 valence electrons. The monoisotopic (exact) mass is 473 g/mol. The number of rotatable bonds is 15. The first-order valence-electron chi connectivity index (χ1n) is 12.7. The number of thiophene rings is 3. The van der Waals surface area contributed by atoms with E-state index in [2.05, 4.69) is 41.3 Å². The molecule has 0 radical (unpaired) electrons. The molecule has 4 aromatic rings. The maximum atomic E-state index is 2.79. The Morgan fingerprint density at radius 1 is 0.677 bits per heavy atom. The van der Waals surface area contributed by atoms with Gasteiger partial charge in [-0.2, -0.15) is 0 Å². The number of nitrogens with zero attached hydrogens (tertiary/aromatic N) is 1. The fraction of sp³-hybridized carbons (Fsp3) is 0.630. The molecule has 0 bridgehead atoms. The molecule has 0 aliphatic rings. The van der Waals surface area contributed by atoms with Gasteiger partial charge in [-0.3, -0.25) is 0 Å². The van der Waals surface area contributed by atoms with Crippen LogP contribution in [0.1, 0.15) is 110 Å². The van der Waals surface area contributed by atoms with Gasteiger partial charge in [-0.1, -0.05) is 90.9 Å². The van der Waals surface area contributed by atoms with Crippen molar-refractivity contribution in [3.63, 3.8) is 0 Å². The molecule has 4 heteroatoms. The molecule has 4 aromatic heterocycles. The maximum absolute atomic E-state index is 2.79. The van der Waals surface area contributed by atoms with Gasteiger partial charge in [0.25, 0.3) is 0 Å².